The number of H-pyrrole nitrogens is 1. The highest BCUT2D eigenvalue weighted by atomic mass is 32.2. The highest BCUT2D eigenvalue weighted by Gasteiger charge is 2.37. The van der Waals surface area contributed by atoms with Crippen LogP contribution in [0.4, 0.5) is 0 Å². The third kappa shape index (κ3) is 4.63. The smallest absolute Gasteiger partial charge is 0.273 e. The van der Waals surface area contributed by atoms with Gasteiger partial charge in [-0.3, -0.25) is 30.3 Å². The Morgan fingerprint density at radius 1 is 1.10 bits per heavy atom. The van der Waals surface area contributed by atoms with Crippen LogP contribution in [0.15, 0.2) is 41.5 Å². The second-order valence-corrected chi connectivity index (χ2v) is 9.51. The number of benzene rings is 1. The fraction of sp³-hybridized carbons (Fsp3) is 0.316. The van der Waals surface area contributed by atoms with Crippen molar-refractivity contribution in [3.05, 3.63) is 42.1 Å². The van der Waals surface area contributed by atoms with E-state index in [0.29, 0.717) is 5.69 Å². The Morgan fingerprint density at radius 2 is 1.84 bits per heavy atom. The van der Waals surface area contributed by atoms with Crippen molar-refractivity contribution >= 4 is 33.3 Å². The Kier molecular flexibility index (Phi) is 5.55. The van der Waals surface area contributed by atoms with E-state index in [0.717, 1.165) is 10.6 Å². The molecule has 3 heterocycles. The first-order chi connectivity index (χ1) is 14.8. The SMILES string of the molecule is O=C(NNC(=O)c1cc(-c2ccccc2)n[nH]1)C1=NN([C@H]2CCS(=O)(=O)C2)C(=O)CC1. The zero-order valence-corrected chi connectivity index (χ0v) is 17.2. The van der Waals surface area contributed by atoms with E-state index in [1.165, 1.54) is 0 Å². The first-order valence-corrected chi connectivity index (χ1v) is 11.5. The largest absolute Gasteiger partial charge is 0.287 e. The van der Waals surface area contributed by atoms with Crippen LogP contribution in [0.5, 0.6) is 0 Å². The van der Waals surface area contributed by atoms with E-state index in [2.05, 4.69) is 26.2 Å². The number of nitrogens with zero attached hydrogens (tertiary/aromatic N) is 3. The predicted molar refractivity (Wildman–Crippen MR) is 110 cm³/mol. The quantitative estimate of drug-likeness (QED) is 0.564. The lowest BCUT2D eigenvalue weighted by atomic mass is 10.1. The van der Waals surface area contributed by atoms with Gasteiger partial charge in [0, 0.05) is 18.4 Å². The van der Waals surface area contributed by atoms with Crippen LogP contribution in [0.1, 0.15) is 29.8 Å². The number of aromatic nitrogens is 2. The molecular weight excluding hydrogens is 424 g/mol. The van der Waals surface area contributed by atoms with Crippen molar-refractivity contribution in [1.82, 2.24) is 26.1 Å². The molecular formula is C19H20N6O5S. The maximum atomic E-state index is 12.4. The number of hydrogen-bond donors (Lipinski definition) is 3. The Balaban J connectivity index is 1.38. The summed E-state index contributed by atoms with van der Waals surface area (Å²) in [6.45, 7) is 0. The summed E-state index contributed by atoms with van der Waals surface area (Å²) in [6.07, 6.45) is 0.420. The fourth-order valence-corrected chi connectivity index (χ4v) is 5.13. The summed E-state index contributed by atoms with van der Waals surface area (Å²) in [7, 11) is -3.21. The van der Waals surface area contributed by atoms with Crippen LogP contribution in [0.2, 0.25) is 0 Å². The Hall–Kier alpha value is -3.54. The first-order valence-electron chi connectivity index (χ1n) is 9.64. The molecule has 0 radical (unpaired) electrons. The lowest BCUT2D eigenvalue weighted by molar-refractivity contribution is -0.133. The minimum atomic E-state index is -3.21. The van der Waals surface area contributed by atoms with Crippen molar-refractivity contribution in [3.63, 3.8) is 0 Å². The number of rotatable bonds is 4. The van der Waals surface area contributed by atoms with Gasteiger partial charge in [-0.2, -0.15) is 10.2 Å². The van der Waals surface area contributed by atoms with Gasteiger partial charge in [0.25, 0.3) is 11.8 Å². The van der Waals surface area contributed by atoms with Gasteiger partial charge in [-0.1, -0.05) is 30.3 Å². The lowest BCUT2D eigenvalue weighted by Crippen LogP contribution is -2.48. The second kappa shape index (κ2) is 8.30. The summed E-state index contributed by atoms with van der Waals surface area (Å²) in [6, 6.07) is 10.3. The van der Waals surface area contributed by atoms with Crippen LogP contribution in [0.3, 0.4) is 0 Å². The fourth-order valence-electron chi connectivity index (χ4n) is 3.44. The Labute approximate surface area is 177 Å². The van der Waals surface area contributed by atoms with E-state index in [9.17, 15) is 22.8 Å². The Bertz CT molecular complexity index is 1160. The molecule has 0 saturated carbocycles. The number of amides is 3. The minimum Gasteiger partial charge on any atom is -0.273 e. The van der Waals surface area contributed by atoms with Crippen LogP contribution in [-0.2, 0) is 19.4 Å². The van der Waals surface area contributed by atoms with E-state index < -0.39 is 27.7 Å². The van der Waals surface area contributed by atoms with E-state index in [-0.39, 0.29) is 48.1 Å². The number of carbonyl (C=O) groups is 3. The third-order valence-corrected chi connectivity index (χ3v) is 6.81. The summed E-state index contributed by atoms with van der Waals surface area (Å²) in [4.78, 5) is 36.9. The molecule has 2 aromatic rings. The summed E-state index contributed by atoms with van der Waals surface area (Å²) in [5.74, 6) is -1.78. The molecule has 1 atom stereocenters. The standard InChI is InChI=1S/C19H20N6O5S/c26-17-7-6-14(24-25(17)13-8-9-31(29,30)11-13)18(27)22-23-19(28)16-10-15(20-21-16)12-4-2-1-3-5-12/h1-5,10,13H,6-9,11H2,(H,20,21)(H,22,27)(H,23,28)/t13-/m0/s1. The van der Waals surface area contributed by atoms with Crippen LogP contribution in [0.25, 0.3) is 11.3 Å². The van der Waals surface area contributed by atoms with Crippen molar-refractivity contribution in [2.45, 2.75) is 25.3 Å². The van der Waals surface area contributed by atoms with Crippen molar-refractivity contribution in [2.24, 2.45) is 5.10 Å². The molecule has 162 valence electrons. The normalized spacial score (nSPS) is 20.3. The van der Waals surface area contributed by atoms with Crippen LogP contribution >= 0.6 is 0 Å². The summed E-state index contributed by atoms with van der Waals surface area (Å²) in [5.41, 5.74) is 6.15. The lowest BCUT2D eigenvalue weighted by Gasteiger charge is -2.27. The van der Waals surface area contributed by atoms with Crippen LogP contribution in [-0.4, -0.2) is 64.6 Å². The van der Waals surface area contributed by atoms with Gasteiger partial charge in [0.1, 0.15) is 11.4 Å². The van der Waals surface area contributed by atoms with Crippen molar-refractivity contribution < 1.29 is 22.8 Å². The van der Waals surface area contributed by atoms with Gasteiger partial charge < -0.3 is 0 Å². The molecule has 1 fully saturated rings. The molecule has 12 heteroatoms. The molecule has 1 saturated heterocycles. The number of hydrogen-bond acceptors (Lipinski definition) is 7. The average molecular weight is 444 g/mol. The van der Waals surface area contributed by atoms with Gasteiger partial charge in [0.05, 0.1) is 23.2 Å². The molecule has 0 bridgehead atoms. The van der Waals surface area contributed by atoms with Gasteiger partial charge >= 0.3 is 0 Å². The summed E-state index contributed by atoms with van der Waals surface area (Å²) in [5, 5.41) is 11.8. The molecule has 3 amide bonds. The molecule has 3 N–H and O–H groups in total. The maximum Gasteiger partial charge on any atom is 0.287 e. The molecule has 2 aliphatic heterocycles. The van der Waals surface area contributed by atoms with Gasteiger partial charge in [0.2, 0.25) is 5.91 Å². The van der Waals surface area contributed by atoms with Crippen molar-refractivity contribution in [3.8, 4) is 11.3 Å². The number of hydrazine groups is 1. The highest BCUT2D eigenvalue weighted by Crippen LogP contribution is 2.22. The van der Waals surface area contributed by atoms with Crippen LogP contribution < -0.4 is 10.9 Å². The third-order valence-electron chi connectivity index (χ3n) is 5.06. The van der Waals surface area contributed by atoms with E-state index >= 15 is 0 Å². The number of aromatic amines is 1. The number of nitrogens with one attached hydrogen (secondary N) is 3. The van der Waals surface area contributed by atoms with Crippen molar-refractivity contribution in [2.75, 3.05) is 11.5 Å². The number of sulfone groups is 1. The molecule has 1 aromatic heterocycles. The van der Waals surface area contributed by atoms with E-state index in [1.54, 1.807) is 6.07 Å². The highest BCUT2D eigenvalue weighted by molar-refractivity contribution is 7.91. The minimum absolute atomic E-state index is 0.0102. The van der Waals surface area contributed by atoms with Gasteiger partial charge in [-0.05, 0) is 12.5 Å². The van der Waals surface area contributed by atoms with Gasteiger partial charge in [0.15, 0.2) is 9.84 Å². The monoisotopic (exact) mass is 444 g/mol. The van der Waals surface area contributed by atoms with E-state index in [1.807, 2.05) is 30.3 Å². The number of carbonyl (C=O) groups excluding carboxylic acids is 3. The van der Waals surface area contributed by atoms with Gasteiger partial charge in [-0.15, -0.1) is 0 Å². The van der Waals surface area contributed by atoms with E-state index in [4.69, 9.17) is 0 Å². The zero-order valence-electron chi connectivity index (χ0n) is 16.4. The van der Waals surface area contributed by atoms with Crippen LogP contribution in [0, 0.1) is 0 Å². The summed E-state index contributed by atoms with van der Waals surface area (Å²) >= 11 is 0. The molecule has 0 unspecified atom stereocenters. The topological polar surface area (TPSA) is 154 Å². The zero-order chi connectivity index (χ0) is 22.0. The maximum absolute atomic E-state index is 12.4. The predicted octanol–water partition coefficient (Wildman–Crippen LogP) is 0.00320. The molecule has 4 rings (SSSR count). The molecule has 1 aromatic carbocycles. The Morgan fingerprint density at radius 3 is 2.55 bits per heavy atom. The summed E-state index contributed by atoms with van der Waals surface area (Å²) < 4.78 is 23.4. The molecule has 11 nitrogen and oxygen atoms in total. The first kappa shape index (κ1) is 20.7. The molecule has 0 spiro atoms. The average Bonchev–Trinajstić information content (AvgIpc) is 3.39. The van der Waals surface area contributed by atoms with Crippen molar-refractivity contribution in [1.29, 1.82) is 0 Å². The number of hydrazone groups is 1. The van der Waals surface area contributed by atoms with Gasteiger partial charge in [-0.25, -0.2) is 13.4 Å². The second-order valence-electron chi connectivity index (χ2n) is 7.28. The molecule has 2 aliphatic rings. The molecule has 0 aliphatic carbocycles. The molecule has 31 heavy (non-hydrogen) atoms.